The zero-order valence-electron chi connectivity index (χ0n) is 13.4. The fourth-order valence-corrected chi connectivity index (χ4v) is 3.61. The van der Waals surface area contributed by atoms with Gasteiger partial charge in [-0.25, -0.2) is 9.97 Å². The van der Waals surface area contributed by atoms with Crippen molar-refractivity contribution in [2.24, 2.45) is 17.8 Å². The standard InChI is InChI=1S/C17H29N3/c1-5-6-18-16(17-19-10-14(4)11-20-17)15-8-12(2)7-13(3)9-15/h10-13,15-16,18H,5-9H2,1-4H3. The second-order valence-corrected chi connectivity index (χ2v) is 6.73. The highest BCUT2D eigenvalue weighted by Crippen LogP contribution is 2.38. The van der Waals surface area contributed by atoms with Gasteiger partial charge in [0.15, 0.2) is 0 Å². The first-order chi connectivity index (χ1) is 9.60. The lowest BCUT2D eigenvalue weighted by atomic mass is 9.73. The van der Waals surface area contributed by atoms with Crippen LogP contribution in [0.3, 0.4) is 0 Å². The van der Waals surface area contributed by atoms with Crippen LogP contribution in [0, 0.1) is 24.7 Å². The Morgan fingerprint density at radius 3 is 2.30 bits per heavy atom. The van der Waals surface area contributed by atoms with E-state index in [0.29, 0.717) is 12.0 Å². The fraction of sp³-hybridized carbons (Fsp3) is 0.765. The topological polar surface area (TPSA) is 37.8 Å². The molecular formula is C17H29N3. The minimum Gasteiger partial charge on any atom is -0.307 e. The van der Waals surface area contributed by atoms with Crippen molar-refractivity contribution in [3.63, 3.8) is 0 Å². The van der Waals surface area contributed by atoms with Crippen LogP contribution in [-0.4, -0.2) is 16.5 Å². The van der Waals surface area contributed by atoms with Crippen LogP contribution in [0.4, 0.5) is 0 Å². The van der Waals surface area contributed by atoms with E-state index in [9.17, 15) is 0 Å². The van der Waals surface area contributed by atoms with E-state index in [0.717, 1.165) is 36.2 Å². The SMILES string of the molecule is CCCNC(c1ncc(C)cn1)C1CC(C)CC(C)C1. The molecule has 0 spiro atoms. The van der Waals surface area contributed by atoms with Crippen LogP contribution in [0.2, 0.25) is 0 Å². The van der Waals surface area contributed by atoms with E-state index in [1.807, 2.05) is 19.3 Å². The van der Waals surface area contributed by atoms with Gasteiger partial charge in [-0.3, -0.25) is 0 Å². The summed E-state index contributed by atoms with van der Waals surface area (Å²) in [6, 6.07) is 0.320. The van der Waals surface area contributed by atoms with Crippen LogP contribution < -0.4 is 5.32 Å². The first kappa shape index (κ1) is 15.4. The van der Waals surface area contributed by atoms with Gasteiger partial charge >= 0.3 is 0 Å². The molecule has 1 saturated carbocycles. The summed E-state index contributed by atoms with van der Waals surface area (Å²) in [4.78, 5) is 9.17. The van der Waals surface area contributed by atoms with Crippen LogP contribution in [-0.2, 0) is 0 Å². The third kappa shape index (κ3) is 4.02. The molecule has 0 radical (unpaired) electrons. The van der Waals surface area contributed by atoms with Gasteiger partial charge in [0.25, 0.3) is 0 Å². The lowest BCUT2D eigenvalue weighted by Crippen LogP contribution is -2.34. The number of nitrogens with zero attached hydrogens (tertiary/aromatic N) is 2. The molecular weight excluding hydrogens is 246 g/mol. The molecule has 1 aromatic heterocycles. The average Bonchev–Trinajstić information content (AvgIpc) is 2.40. The first-order valence-electron chi connectivity index (χ1n) is 8.12. The van der Waals surface area contributed by atoms with Crippen molar-refractivity contribution in [2.45, 2.75) is 59.4 Å². The molecule has 1 aliphatic rings. The molecule has 0 saturated heterocycles. The van der Waals surface area contributed by atoms with Crippen molar-refractivity contribution in [1.29, 1.82) is 0 Å². The van der Waals surface area contributed by atoms with Crippen LogP contribution in [0.5, 0.6) is 0 Å². The molecule has 0 aromatic carbocycles. The largest absolute Gasteiger partial charge is 0.307 e. The van der Waals surface area contributed by atoms with E-state index in [2.05, 4.69) is 36.1 Å². The fourth-order valence-electron chi connectivity index (χ4n) is 3.61. The van der Waals surface area contributed by atoms with Gasteiger partial charge in [0.2, 0.25) is 0 Å². The Bertz CT molecular complexity index is 391. The molecule has 0 aliphatic heterocycles. The summed E-state index contributed by atoms with van der Waals surface area (Å²) < 4.78 is 0. The maximum absolute atomic E-state index is 4.58. The Morgan fingerprint density at radius 1 is 1.15 bits per heavy atom. The van der Waals surface area contributed by atoms with E-state index in [4.69, 9.17) is 0 Å². The van der Waals surface area contributed by atoms with Crippen LogP contribution in [0.15, 0.2) is 12.4 Å². The molecule has 1 N–H and O–H groups in total. The molecule has 1 aliphatic carbocycles. The molecule has 2 rings (SSSR count). The first-order valence-corrected chi connectivity index (χ1v) is 8.12. The maximum atomic E-state index is 4.58. The van der Waals surface area contributed by atoms with E-state index in [-0.39, 0.29) is 0 Å². The molecule has 20 heavy (non-hydrogen) atoms. The van der Waals surface area contributed by atoms with Gasteiger partial charge in [-0.1, -0.05) is 20.8 Å². The zero-order chi connectivity index (χ0) is 14.5. The molecule has 3 atom stereocenters. The normalized spacial score (nSPS) is 28.3. The molecule has 1 heterocycles. The predicted octanol–water partition coefficient (Wildman–Crippen LogP) is 3.90. The van der Waals surface area contributed by atoms with Gasteiger partial charge in [-0.15, -0.1) is 0 Å². The molecule has 3 heteroatoms. The molecule has 3 nitrogen and oxygen atoms in total. The monoisotopic (exact) mass is 275 g/mol. The second-order valence-electron chi connectivity index (χ2n) is 6.73. The van der Waals surface area contributed by atoms with Gasteiger partial charge < -0.3 is 5.32 Å². The Kier molecular flexibility index (Phi) is 5.53. The van der Waals surface area contributed by atoms with Crippen LogP contribution >= 0.6 is 0 Å². The van der Waals surface area contributed by atoms with Crippen molar-refractivity contribution < 1.29 is 0 Å². The number of hydrogen-bond donors (Lipinski definition) is 1. The third-order valence-electron chi connectivity index (χ3n) is 4.38. The van der Waals surface area contributed by atoms with E-state index >= 15 is 0 Å². The van der Waals surface area contributed by atoms with E-state index in [1.165, 1.54) is 19.3 Å². The maximum Gasteiger partial charge on any atom is 0.145 e. The van der Waals surface area contributed by atoms with Crippen molar-refractivity contribution in [3.8, 4) is 0 Å². The number of aryl methyl sites for hydroxylation is 1. The smallest absolute Gasteiger partial charge is 0.145 e. The number of nitrogens with one attached hydrogen (secondary N) is 1. The summed E-state index contributed by atoms with van der Waals surface area (Å²) in [5.74, 6) is 3.29. The molecule has 0 bridgehead atoms. The predicted molar refractivity (Wildman–Crippen MR) is 83.5 cm³/mol. The summed E-state index contributed by atoms with van der Waals surface area (Å²) >= 11 is 0. The van der Waals surface area contributed by atoms with Crippen molar-refractivity contribution in [3.05, 3.63) is 23.8 Å². The van der Waals surface area contributed by atoms with Crippen molar-refractivity contribution >= 4 is 0 Å². The lowest BCUT2D eigenvalue weighted by Gasteiger charge is -2.36. The number of rotatable bonds is 5. The summed E-state index contributed by atoms with van der Waals surface area (Å²) in [5, 5.41) is 3.69. The highest BCUT2D eigenvalue weighted by atomic mass is 15.0. The Balaban J connectivity index is 2.15. The van der Waals surface area contributed by atoms with Gasteiger partial charge in [0.1, 0.15) is 5.82 Å². The Hall–Kier alpha value is -0.960. The number of hydrogen-bond acceptors (Lipinski definition) is 3. The molecule has 0 amide bonds. The zero-order valence-corrected chi connectivity index (χ0v) is 13.4. The molecule has 1 fully saturated rings. The Labute approximate surface area is 123 Å². The molecule has 3 unspecified atom stereocenters. The highest BCUT2D eigenvalue weighted by Gasteiger charge is 2.31. The second kappa shape index (κ2) is 7.16. The molecule has 112 valence electrons. The van der Waals surface area contributed by atoms with E-state index < -0.39 is 0 Å². The summed E-state index contributed by atoms with van der Waals surface area (Å²) in [5.41, 5.74) is 1.13. The van der Waals surface area contributed by atoms with Crippen LogP contribution in [0.25, 0.3) is 0 Å². The van der Waals surface area contributed by atoms with Gasteiger partial charge in [0, 0.05) is 12.4 Å². The van der Waals surface area contributed by atoms with E-state index in [1.54, 1.807) is 0 Å². The Morgan fingerprint density at radius 2 is 1.75 bits per heavy atom. The summed E-state index contributed by atoms with van der Waals surface area (Å²) in [6.07, 6.45) is 9.00. The van der Waals surface area contributed by atoms with Gasteiger partial charge in [-0.2, -0.15) is 0 Å². The lowest BCUT2D eigenvalue weighted by molar-refractivity contribution is 0.172. The van der Waals surface area contributed by atoms with Crippen LogP contribution in [0.1, 0.15) is 63.9 Å². The average molecular weight is 275 g/mol. The summed E-state index contributed by atoms with van der Waals surface area (Å²) in [6.45, 7) is 10.1. The van der Waals surface area contributed by atoms with Gasteiger partial charge in [-0.05, 0) is 62.5 Å². The molecule has 1 aromatic rings. The quantitative estimate of drug-likeness (QED) is 0.885. The minimum absolute atomic E-state index is 0.320. The minimum atomic E-state index is 0.320. The third-order valence-corrected chi connectivity index (χ3v) is 4.38. The van der Waals surface area contributed by atoms with Crippen molar-refractivity contribution in [1.82, 2.24) is 15.3 Å². The van der Waals surface area contributed by atoms with Gasteiger partial charge in [0.05, 0.1) is 6.04 Å². The van der Waals surface area contributed by atoms with Crippen molar-refractivity contribution in [2.75, 3.05) is 6.54 Å². The highest BCUT2D eigenvalue weighted by molar-refractivity contribution is 5.06. The summed E-state index contributed by atoms with van der Waals surface area (Å²) in [7, 11) is 0. The number of aromatic nitrogens is 2.